The summed E-state index contributed by atoms with van der Waals surface area (Å²) in [4.78, 5) is 23.6. The van der Waals surface area contributed by atoms with Crippen LogP contribution in [0.1, 0.15) is 18.4 Å². The van der Waals surface area contributed by atoms with Crippen molar-refractivity contribution >= 4 is 40.0 Å². The van der Waals surface area contributed by atoms with Crippen molar-refractivity contribution in [1.29, 1.82) is 0 Å². The summed E-state index contributed by atoms with van der Waals surface area (Å²) in [5.41, 5.74) is 4.10. The van der Waals surface area contributed by atoms with E-state index in [1.54, 1.807) is 0 Å². The number of nitrogens with zero attached hydrogens (tertiary/aromatic N) is 4. The normalized spacial score (nSPS) is 18.8. The molecular weight excluding hydrogens is 424 g/mol. The molecule has 1 saturated heterocycles. The Morgan fingerprint density at radius 2 is 1.94 bits per heavy atom. The highest BCUT2D eigenvalue weighted by molar-refractivity contribution is 6.30. The van der Waals surface area contributed by atoms with Gasteiger partial charge in [-0.3, -0.25) is 9.88 Å². The number of amides is 1. The van der Waals surface area contributed by atoms with Crippen LogP contribution in [-0.4, -0.2) is 41.7 Å². The number of ether oxygens (including phenoxy) is 1. The molecule has 0 aliphatic carbocycles. The van der Waals surface area contributed by atoms with Gasteiger partial charge >= 0.3 is 6.09 Å². The Morgan fingerprint density at radius 3 is 2.75 bits per heavy atom. The number of hydrogen-bond acceptors (Lipinski definition) is 5. The molecule has 0 radical (unpaired) electrons. The first kappa shape index (κ1) is 19.4. The first-order valence-electron chi connectivity index (χ1n) is 11.0. The number of benzene rings is 2. The highest BCUT2D eigenvalue weighted by Crippen LogP contribution is 2.36. The Morgan fingerprint density at radius 1 is 1.06 bits per heavy atom. The number of fused-ring (bicyclic) bond motifs is 2. The van der Waals surface area contributed by atoms with Crippen molar-refractivity contribution in [2.75, 3.05) is 29.4 Å². The van der Waals surface area contributed by atoms with Gasteiger partial charge in [0.2, 0.25) is 0 Å². The lowest BCUT2D eigenvalue weighted by molar-refractivity contribution is 0.134. The van der Waals surface area contributed by atoms with Gasteiger partial charge in [-0.1, -0.05) is 17.7 Å². The van der Waals surface area contributed by atoms with Crippen molar-refractivity contribution in [2.24, 2.45) is 0 Å². The van der Waals surface area contributed by atoms with Gasteiger partial charge < -0.3 is 14.5 Å². The third-order valence-corrected chi connectivity index (χ3v) is 6.87. The summed E-state index contributed by atoms with van der Waals surface area (Å²) in [6.45, 7) is 2.99. The number of rotatable bonds is 3. The zero-order valence-corrected chi connectivity index (χ0v) is 18.3. The second-order valence-electron chi connectivity index (χ2n) is 8.47. The van der Waals surface area contributed by atoms with Gasteiger partial charge in [0.15, 0.2) is 0 Å². The van der Waals surface area contributed by atoms with Crippen LogP contribution >= 0.6 is 11.6 Å². The molecule has 0 atom stereocenters. The molecule has 32 heavy (non-hydrogen) atoms. The van der Waals surface area contributed by atoms with Crippen molar-refractivity contribution in [3.63, 3.8) is 0 Å². The monoisotopic (exact) mass is 446 g/mol. The summed E-state index contributed by atoms with van der Waals surface area (Å²) in [6, 6.07) is 16.3. The predicted molar refractivity (Wildman–Crippen MR) is 126 cm³/mol. The van der Waals surface area contributed by atoms with Gasteiger partial charge in [0, 0.05) is 53.5 Å². The fourth-order valence-corrected chi connectivity index (χ4v) is 5.14. The fraction of sp³-hybridized carbons (Fsp3) is 0.280. The largest absolute Gasteiger partial charge is 0.444 e. The minimum atomic E-state index is -0.257. The number of cyclic esters (lactones) is 1. The van der Waals surface area contributed by atoms with Gasteiger partial charge in [0.25, 0.3) is 0 Å². The van der Waals surface area contributed by atoms with Crippen molar-refractivity contribution in [3.05, 3.63) is 77.2 Å². The lowest BCUT2D eigenvalue weighted by atomic mass is 10.00. The molecule has 1 aromatic heterocycles. The summed E-state index contributed by atoms with van der Waals surface area (Å²) in [5.74, 6) is 1.25. The maximum absolute atomic E-state index is 12.6. The van der Waals surface area contributed by atoms with Crippen molar-refractivity contribution in [2.45, 2.75) is 25.5 Å². The Kier molecular flexibility index (Phi) is 4.68. The lowest BCUT2D eigenvalue weighted by Gasteiger charge is -2.46. The molecule has 0 bridgehead atoms. The molecule has 162 valence electrons. The van der Waals surface area contributed by atoms with Crippen LogP contribution in [0, 0.1) is 0 Å². The molecular formula is C25H23ClN4O2. The van der Waals surface area contributed by atoms with E-state index in [-0.39, 0.29) is 18.7 Å². The number of aromatic nitrogens is 1. The Bertz CT molecular complexity index is 1240. The van der Waals surface area contributed by atoms with Crippen molar-refractivity contribution in [3.8, 4) is 0 Å². The predicted octanol–water partition coefficient (Wildman–Crippen LogP) is 5.17. The topological polar surface area (TPSA) is 48.9 Å². The molecule has 3 aliphatic heterocycles. The van der Waals surface area contributed by atoms with Crippen LogP contribution in [0.3, 0.4) is 0 Å². The van der Waals surface area contributed by atoms with Crippen LogP contribution in [-0.2, 0) is 11.3 Å². The first-order chi connectivity index (χ1) is 15.7. The number of halogens is 1. The van der Waals surface area contributed by atoms with Crippen LogP contribution in [0.2, 0.25) is 5.02 Å². The number of hydrogen-bond donors (Lipinski definition) is 0. The van der Waals surface area contributed by atoms with E-state index in [2.05, 4.69) is 45.1 Å². The number of likely N-dealkylation sites (tertiary alicyclic amines) is 1. The van der Waals surface area contributed by atoms with Crippen LogP contribution in [0.25, 0.3) is 10.9 Å². The minimum Gasteiger partial charge on any atom is -0.444 e. The molecule has 0 N–H and O–H groups in total. The zero-order valence-electron chi connectivity index (χ0n) is 17.6. The van der Waals surface area contributed by atoms with E-state index in [1.165, 1.54) is 11.5 Å². The average Bonchev–Trinajstić information content (AvgIpc) is 2.79. The second-order valence-corrected chi connectivity index (χ2v) is 8.91. The van der Waals surface area contributed by atoms with E-state index in [4.69, 9.17) is 16.3 Å². The Labute approximate surface area is 191 Å². The van der Waals surface area contributed by atoms with Gasteiger partial charge in [-0.2, -0.15) is 0 Å². The zero-order chi connectivity index (χ0) is 21.7. The van der Waals surface area contributed by atoms with Crippen molar-refractivity contribution < 1.29 is 9.53 Å². The number of pyridine rings is 1. The SMILES string of the molecule is O=C1OCc2cc(Cl)ccc2N1C1CCN(C2=CCN2c2ccc3ncccc3c2)CC1. The number of carbonyl (C=O) groups excluding carboxylic acids is 1. The molecule has 6 nitrogen and oxygen atoms in total. The van der Waals surface area contributed by atoms with Gasteiger partial charge in [-0.05, 0) is 61.4 Å². The van der Waals surface area contributed by atoms with Gasteiger partial charge in [0.1, 0.15) is 12.4 Å². The van der Waals surface area contributed by atoms with Gasteiger partial charge in [-0.25, -0.2) is 4.79 Å². The fourth-order valence-electron chi connectivity index (χ4n) is 4.94. The Balaban J connectivity index is 1.16. The molecule has 0 unspecified atom stereocenters. The van der Waals surface area contributed by atoms with E-state index in [9.17, 15) is 4.79 Å². The minimum absolute atomic E-state index is 0.125. The van der Waals surface area contributed by atoms with E-state index in [0.29, 0.717) is 5.02 Å². The van der Waals surface area contributed by atoms with Gasteiger partial charge in [0.05, 0.1) is 11.2 Å². The van der Waals surface area contributed by atoms with Crippen LogP contribution < -0.4 is 9.80 Å². The smallest absolute Gasteiger partial charge is 0.414 e. The molecule has 0 spiro atoms. The summed E-state index contributed by atoms with van der Waals surface area (Å²) in [6.07, 6.45) is 5.63. The second kappa shape index (κ2) is 7.71. The summed E-state index contributed by atoms with van der Waals surface area (Å²) in [7, 11) is 0. The Hall–Kier alpha value is -3.25. The van der Waals surface area contributed by atoms with E-state index in [1.807, 2.05) is 35.4 Å². The molecule has 1 amide bonds. The number of carbonyl (C=O) groups is 1. The first-order valence-corrected chi connectivity index (χ1v) is 11.4. The molecule has 3 aromatic rings. The average molecular weight is 447 g/mol. The van der Waals surface area contributed by atoms with Crippen LogP contribution in [0.5, 0.6) is 0 Å². The van der Waals surface area contributed by atoms with Crippen LogP contribution in [0.15, 0.2) is 66.6 Å². The summed E-state index contributed by atoms with van der Waals surface area (Å²) < 4.78 is 5.43. The molecule has 3 aliphatic rings. The third-order valence-electron chi connectivity index (χ3n) is 6.63. The van der Waals surface area contributed by atoms with Gasteiger partial charge in [-0.15, -0.1) is 0 Å². The maximum atomic E-state index is 12.6. The summed E-state index contributed by atoms with van der Waals surface area (Å²) in [5, 5.41) is 1.82. The maximum Gasteiger partial charge on any atom is 0.414 e. The summed E-state index contributed by atoms with van der Waals surface area (Å²) >= 11 is 6.14. The number of anilines is 2. The molecule has 7 heteroatoms. The highest BCUT2D eigenvalue weighted by Gasteiger charge is 2.36. The van der Waals surface area contributed by atoms with E-state index >= 15 is 0 Å². The van der Waals surface area contributed by atoms with Crippen molar-refractivity contribution in [1.82, 2.24) is 9.88 Å². The molecule has 6 rings (SSSR count). The van der Waals surface area contributed by atoms with E-state index in [0.717, 1.165) is 54.6 Å². The molecule has 2 aromatic carbocycles. The molecule has 1 fully saturated rings. The molecule has 0 saturated carbocycles. The molecule has 4 heterocycles. The number of piperidine rings is 1. The van der Waals surface area contributed by atoms with E-state index < -0.39 is 0 Å². The van der Waals surface area contributed by atoms with Crippen LogP contribution in [0.4, 0.5) is 16.2 Å². The third kappa shape index (κ3) is 3.26. The quantitative estimate of drug-likeness (QED) is 0.555. The highest BCUT2D eigenvalue weighted by atomic mass is 35.5. The lowest BCUT2D eigenvalue weighted by Crippen LogP contribution is -2.52. The standard InChI is InChI=1S/C25H23ClN4O2/c26-19-3-6-23-18(14-19)16-32-25(31)30(23)20-7-11-28(12-8-20)24-9-13-29(24)21-4-5-22-17(15-21)2-1-10-27-22/h1-6,9-10,14-15,20H,7-8,11-13,16H2.